The predicted octanol–water partition coefficient (Wildman–Crippen LogP) is 0.428. The number of nitrogens with one attached hydrogen (secondary N) is 2. The van der Waals surface area contributed by atoms with Gasteiger partial charge in [0.25, 0.3) is 0 Å². The van der Waals surface area contributed by atoms with Gasteiger partial charge in [0.05, 0.1) is 0 Å². The molecule has 0 radical (unpaired) electrons. The van der Waals surface area contributed by atoms with Crippen LogP contribution in [0.1, 0.15) is 6.42 Å². The summed E-state index contributed by atoms with van der Waals surface area (Å²) >= 11 is 0. The Morgan fingerprint density at radius 2 is 2.08 bits per heavy atom. The highest BCUT2D eigenvalue weighted by atomic mass is 35.5. The zero-order valence-corrected chi connectivity index (χ0v) is 8.97. The van der Waals surface area contributed by atoms with Gasteiger partial charge in [0.15, 0.2) is 0 Å². The monoisotopic (exact) mass is 216 g/mol. The van der Waals surface area contributed by atoms with E-state index >= 15 is 0 Å². The molecule has 76 valence electrons. The van der Waals surface area contributed by atoms with Crippen LogP contribution in [-0.4, -0.2) is 39.4 Å². The quantitative estimate of drug-likeness (QED) is 0.719. The standard InChI is InChI=1S/C7H16N2O.2ClH/c1-10-5-2-7-6-8-3-4-9-7;;/h7-9H,2-6H2,1H3;2*1H/t7-;;/m0../s1. The molecule has 5 heteroatoms. The predicted molar refractivity (Wildman–Crippen MR) is 55.6 cm³/mol. The molecular formula is C7H18Cl2N2O. The minimum Gasteiger partial charge on any atom is -0.385 e. The van der Waals surface area contributed by atoms with E-state index in [4.69, 9.17) is 4.74 Å². The maximum Gasteiger partial charge on any atom is 0.0477 e. The summed E-state index contributed by atoms with van der Waals surface area (Å²) < 4.78 is 4.98. The number of hydrogen-bond donors (Lipinski definition) is 2. The molecule has 0 aliphatic carbocycles. The molecule has 0 aromatic heterocycles. The zero-order chi connectivity index (χ0) is 7.23. The van der Waals surface area contributed by atoms with E-state index in [1.54, 1.807) is 7.11 Å². The number of methoxy groups -OCH3 is 1. The highest BCUT2D eigenvalue weighted by Gasteiger charge is 2.10. The summed E-state index contributed by atoms with van der Waals surface area (Å²) in [5.41, 5.74) is 0. The molecule has 1 atom stereocenters. The van der Waals surface area contributed by atoms with Gasteiger partial charge < -0.3 is 15.4 Å². The summed E-state index contributed by atoms with van der Waals surface area (Å²) in [6.07, 6.45) is 1.11. The van der Waals surface area contributed by atoms with Crippen molar-refractivity contribution >= 4 is 24.8 Å². The number of hydrogen-bond acceptors (Lipinski definition) is 3. The first kappa shape index (κ1) is 15.0. The van der Waals surface area contributed by atoms with Crippen LogP contribution in [0.15, 0.2) is 0 Å². The Bertz CT molecular complexity index is 89.5. The lowest BCUT2D eigenvalue weighted by atomic mass is 10.2. The second-order valence-corrected chi connectivity index (χ2v) is 2.64. The van der Waals surface area contributed by atoms with Crippen LogP contribution < -0.4 is 10.6 Å². The van der Waals surface area contributed by atoms with Crippen LogP contribution >= 0.6 is 24.8 Å². The molecule has 0 bridgehead atoms. The minimum absolute atomic E-state index is 0. The SMILES string of the molecule is COCC[C@H]1CNCCN1.Cl.Cl. The molecule has 0 aromatic carbocycles. The average molecular weight is 217 g/mol. The fraction of sp³-hybridized carbons (Fsp3) is 1.00. The Hall–Kier alpha value is 0.460. The summed E-state index contributed by atoms with van der Waals surface area (Å²) in [4.78, 5) is 0. The largest absolute Gasteiger partial charge is 0.385 e. The maximum absolute atomic E-state index is 4.98. The van der Waals surface area contributed by atoms with Gasteiger partial charge in [0, 0.05) is 39.4 Å². The summed E-state index contributed by atoms with van der Waals surface area (Å²) in [6.45, 7) is 4.14. The fourth-order valence-corrected chi connectivity index (χ4v) is 1.18. The van der Waals surface area contributed by atoms with E-state index in [0.29, 0.717) is 6.04 Å². The number of ether oxygens (including phenoxy) is 1. The van der Waals surface area contributed by atoms with Crippen LogP contribution in [0.25, 0.3) is 0 Å². The molecule has 0 saturated carbocycles. The Morgan fingerprint density at radius 1 is 1.33 bits per heavy atom. The maximum atomic E-state index is 4.98. The van der Waals surface area contributed by atoms with Gasteiger partial charge in [-0.1, -0.05) is 0 Å². The molecule has 3 nitrogen and oxygen atoms in total. The Kier molecular flexibility index (Phi) is 11.9. The van der Waals surface area contributed by atoms with Gasteiger partial charge >= 0.3 is 0 Å². The van der Waals surface area contributed by atoms with Crippen molar-refractivity contribution in [1.82, 2.24) is 10.6 Å². The van der Waals surface area contributed by atoms with Crippen molar-refractivity contribution < 1.29 is 4.74 Å². The lowest BCUT2D eigenvalue weighted by Crippen LogP contribution is -2.48. The summed E-state index contributed by atoms with van der Waals surface area (Å²) in [5, 5.41) is 6.74. The second-order valence-electron chi connectivity index (χ2n) is 2.64. The molecule has 0 spiro atoms. The number of halogens is 2. The van der Waals surface area contributed by atoms with Crippen molar-refractivity contribution in [2.24, 2.45) is 0 Å². The average Bonchev–Trinajstić information content (AvgIpc) is 2.03. The molecule has 1 heterocycles. The van der Waals surface area contributed by atoms with Crippen LogP contribution in [0.5, 0.6) is 0 Å². The van der Waals surface area contributed by atoms with Gasteiger partial charge in [-0.25, -0.2) is 0 Å². The van der Waals surface area contributed by atoms with Gasteiger partial charge in [-0.05, 0) is 6.42 Å². The molecule has 1 fully saturated rings. The Balaban J connectivity index is 0. The van der Waals surface area contributed by atoms with Crippen LogP contribution in [-0.2, 0) is 4.74 Å². The van der Waals surface area contributed by atoms with Gasteiger partial charge in [-0.15, -0.1) is 24.8 Å². The van der Waals surface area contributed by atoms with Crippen LogP contribution in [0.4, 0.5) is 0 Å². The molecule has 2 N–H and O–H groups in total. The first-order valence-electron chi connectivity index (χ1n) is 3.86. The molecule has 12 heavy (non-hydrogen) atoms. The lowest BCUT2D eigenvalue weighted by Gasteiger charge is -2.23. The van der Waals surface area contributed by atoms with E-state index in [9.17, 15) is 0 Å². The van der Waals surface area contributed by atoms with Gasteiger partial charge in [0.1, 0.15) is 0 Å². The fourth-order valence-electron chi connectivity index (χ4n) is 1.18. The van der Waals surface area contributed by atoms with Crippen LogP contribution in [0.2, 0.25) is 0 Å². The Morgan fingerprint density at radius 3 is 2.58 bits per heavy atom. The van der Waals surface area contributed by atoms with E-state index in [1.165, 1.54) is 0 Å². The smallest absolute Gasteiger partial charge is 0.0477 e. The van der Waals surface area contributed by atoms with Crippen molar-refractivity contribution in [2.45, 2.75) is 12.5 Å². The summed E-state index contributed by atoms with van der Waals surface area (Å²) in [5.74, 6) is 0. The number of rotatable bonds is 3. The molecule has 0 aromatic rings. The topological polar surface area (TPSA) is 33.3 Å². The van der Waals surface area contributed by atoms with E-state index in [0.717, 1.165) is 32.7 Å². The summed E-state index contributed by atoms with van der Waals surface area (Å²) in [6, 6.07) is 0.619. The molecular weight excluding hydrogens is 199 g/mol. The highest BCUT2D eigenvalue weighted by Crippen LogP contribution is 1.93. The van der Waals surface area contributed by atoms with Crippen LogP contribution in [0, 0.1) is 0 Å². The van der Waals surface area contributed by atoms with Crippen molar-refractivity contribution in [3.8, 4) is 0 Å². The molecule has 0 unspecified atom stereocenters. The van der Waals surface area contributed by atoms with E-state index in [1.807, 2.05) is 0 Å². The molecule has 1 aliphatic heterocycles. The number of piperazine rings is 1. The van der Waals surface area contributed by atoms with E-state index in [-0.39, 0.29) is 24.8 Å². The first-order chi connectivity index (χ1) is 4.93. The van der Waals surface area contributed by atoms with Crippen LogP contribution in [0.3, 0.4) is 0 Å². The molecule has 1 aliphatic rings. The molecule has 1 saturated heterocycles. The Labute approximate surface area is 86.4 Å². The van der Waals surface area contributed by atoms with E-state index < -0.39 is 0 Å². The second kappa shape index (κ2) is 9.55. The summed E-state index contributed by atoms with van der Waals surface area (Å²) in [7, 11) is 1.75. The van der Waals surface area contributed by atoms with Gasteiger partial charge in [-0.2, -0.15) is 0 Å². The third-order valence-corrected chi connectivity index (χ3v) is 1.80. The lowest BCUT2D eigenvalue weighted by molar-refractivity contribution is 0.179. The zero-order valence-electron chi connectivity index (χ0n) is 7.34. The minimum atomic E-state index is 0. The molecule has 1 rings (SSSR count). The normalized spacial score (nSPS) is 22.2. The van der Waals surface area contributed by atoms with Crippen molar-refractivity contribution in [3.63, 3.8) is 0 Å². The van der Waals surface area contributed by atoms with Crippen molar-refractivity contribution in [3.05, 3.63) is 0 Å². The highest BCUT2D eigenvalue weighted by molar-refractivity contribution is 5.85. The van der Waals surface area contributed by atoms with E-state index in [2.05, 4.69) is 10.6 Å². The van der Waals surface area contributed by atoms with Crippen molar-refractivity contribution in [1.29, 1.82) is 0 Å². The third kappa shape index (κ3) is 6.03. The van der Waals surface area contributed by atoms with Gasteiger partial charge in [0.2, 0.25) is 0 Å². The third-order valence-electron chi connectivity index (χ3n) is 1.80. The molecule has 0 amide bonds. The van der Waals surface area contributed by atoms with Gasteiger partial charge in [-0.3, -0.25) is 0 Å². The van der Waals surface area contributed by atoms with Crippen molar-refractivity contribution in [2.75, 3.05) is 33.4 Å². The first-order valence-corrected chi connectivity index (χ1v) is 3.86.